The highest BCUT2D eigenvalue weighted by Gasteiger charge is 2.68. The third kappa shape index (κ3) is 3.59. The van der Waals surface area contributed by atoms with Crippen LogP contribution in [0.1, 0.15) is 58.6 Å². The van der Waals surface area contributed by atoms with Crippen molar-refractivity contribution in [3.05, 3.63) is 23.8 Å². The molecule has 1 heterocycles. The molecule has 2 saturated carbocycles. The second kappa shape index (κ2) is 7.91. The van der Waals surface area contributed by atoms with Gasteiger partial charge in [-0.3, -0.25) is 4.79 Å². The summed E-state index contributed by atoms with van der Waals surface area (Å²) < 4.78 is 41.6. The van der Waals surface area contributed by atoms with E-state index in [0.29, 0.717) is 12.5 Å². The molecule has 1 aromatic rings. The van der Waals surface area contributed by atoms with Gasteiger partial charge in [0.15, 0.2) is 11.5 Å². The number of fused-ring (bicyclic) bond motifs is 1. The number of hydrogen-bond donors (Lipinski definition) is 1. The van der Waals surface area contributed by atoms with Crippen LogP contribution in [0.15, 0.2) is 18.2 Å². The molecule has 3 fully saturated rings. The quantitative estimate of drug-likeness (QED) is 0.684. The average molecular weight is 438 g/mol. The predicted octanol–water partition coefficient (Wildman–Crippen LogP) is 4.95. The summed E-state index contributed by atoms with van der Waals surface area (Å²) in [5.74, 6) is 1.08. The van der Waals surface area contributed by atoms with Crippen molar-refractivity contribution in [2.75, 3.05) is 13.7 Å². The Balaban J connectivity index is 1.66. The lowest BCUT2D eigenvalue weighted by Crippen LogP contribution is -2.59. The Bertz CT molecular complexity index is 843. The first-order valence-corrected chi connectivity index (χ1v) is 11.1. The maximum absolute atomic E-state index is 12.7. The third-order valence-corrected chi connectivity index (χ3v) is 8.05. The monoisotopic (exact) mass is 437 g/mol. The summed E-state index contributed by atoms with van der Waals surface area (Å²) in [6, 6.07) is 5.16. The number of methoxy groups -OCH3 is 1. The van der Waals surface area contributed by atoms with Gasteiger partial charge in [-0.25, -0.2) is 0 Å². The highest BCUT2D eigenvalue weighted by Crippen LogP contribution is 2.70. The third-order valence-electron chi connectivity index (χ3n) is 8.05. The number of carbonyl (C=O) groups excluding carboxylic acids is 1. The lowest BCUT2D eigenvalue weighted by atomic mass is 9.58. The molecule has 0 radical (unpaired) electrons. The van der Waals surface area contributed by atoms with Crippen LogP contribution in [0.25, 0.3) is 0 Å². The molecule has 5 atom stereocenters. The zero-order valence-electron chi connectivity index (χ0n) is 18.9. The maximum atomic E-state index is 12.7. The second-order valence-electron chi connectivity index (χ2n) is 10.2. The molecule has 2 bridgehead atoms. The number of hydrogen-bond acceptors (Lipinski definition) is 4. The highest BCUT2D eigenvalue weighted by molar-refractivity contribution is 5.78. The van der Waals surface area contributed by atoms with Crippen LogP contribution in [-0.4, -0.2) is 32.3 Å². The van der Waals surface area contributed by atoms with Crippen LogP contribution < -0.4 is 14.8 Å². The fraction of sp³-hybridized carbons (Fsp3) is 0.708. The molecule has 1 saturated heterocycles. The van der Waals surface area contributed by atoms with E-state index in [0.717, 1.165) is 24.8 Å². The fourth-order valence-electron chi connectivity index (χ4n) is 6.48. The molecule has 4 rings (SSSR count). The first-order valence-electron chi connectivity index (χ1n) is 11.1. The second-order valence-corrected chi connectivity index (χ2v) is 10.2. The molecule has 172 valence electrons. The Morgan fingerprint density at radius 2 is 2.00 bits per heavy atom. The number of rotatable bonds is 6. The summed E-state index contributed by atoms with van der Waals surface area (Å²) in [4.78, 5) is 12.7. The van der Waals surface area contributed by atoms with Gasteiger partial charge in [-0.1, -0.05) is 33.8 Å². The lowest BCUT2D eigenvalue weighted by Gasteiger charge is -2.53. The summed E-state index contributed by atoms with van der Waals surface area (Å²) in [5, 5.41) is 3.39. The highest BCUT2D eigenvalue weighted by atomic mass is 19.3. The molecule has 1 amide bonds. The van der Waals surface area contributed by atoms with Crippen LogP contribution in [-0.2, 0) is 9.53 Å². The van der Waals surface area contributed by atoms with Crippen molar-refractivity contribution in [2.24, 2.45) is 28.6 Å². The van der Waals surface area contributed by atoms with Crippen LogP contribution >= 0.6 is 0 Å². The van der Waals surface area contributed by atoms with Gasteiger partial charge in [0.25, 0.3) is 0 Å². The van der Waals surface area contributed by atoms with E-state index in [9.17, 15) is 13.6 Å². The minimum absolute atomic E-state index is 0.0166. The number of ether oxygens (including phenoxy) is 3. The Morgan fingerprint density at radius 1 is 1.26 bits per heavy atom. The van der Waals surface area contributed by atoms with E-state index in [1.165, 1.54) is 13.2 Å². The van der Waals surface area contributed by atoms with E-state index in [2.05, 4.69) is 23.9 Å². The Morgan fingerprint density at radius 3 is 2.65 bits per heavy atom. The molecule has 2 aliphatic carbocycles. The van der Waals surface area contributed by atoms with Crippen molar-refractivity contribution in [2.45, 2.75) is 65.7 Å². The van der Waals surface area contributed by atoms with Gasteiger partial charge in [0.05, 0.1) is 13.2 Å². The van der Waals surface area contributed by atoms with E-state index >= 15 is 0 Å². The van der Waals surface area contributed by atoms with E-state index in [4.69, 9.17) is 9.47 Å². The molecule has 31 heavy (non-hydrogen) atoms. The summed E-state index contributed by atoms with van der Waals surface area (Å²) in [6.07, 6.45) is 2.87. The molecule has 1 aromatic carbocycles. The Hall–Kier alpha value is -1.89. The van der Waals surface area contributed by atoms with Gasteiger partial charge in [0, 0.05) is 18.6 Å². The van der Waals surface area contributed by atoms with Crippen LogP contribution in [0, 0.1) is 28.6 Å². The molecular weight excluding hydrogens is 404 g/mol. The van der Waals surface area contributed by atoms with Crippen molar-refractivity contribution < 1.29 is 27.8 Å². The maximum Gasteiger partial charge on any atom is 0.387 e. The van der Waals surface area contributed by atoms with Crippen LogP contribution in [0.4, 0.5) is 8.78 Å². The Kier molecular flexibility index (Phi) is 5.69. The Labute approximate surface area is 182 Å². The topological polar surface area (TPSA) is 56.8 Å². The van der Waals surface area contributed by atoms with Crippen LogP contribution in [0.5, 0.6) is 11.5 Å². The molecule has 1 spiro atoms. The van der Waals surface area contributed by atoms with E-state index in [1.807, 2.05) is 13.8 Å². The first-order chi connectivity index (χ1) is 14.6. The predicted molar refractivity (Wildman–Crippen MR) is 112 cm³/mol. The molecule has 1 N–H and O–H groups in total. The molecule has 7 heteroatoms. The van der Waals surface area contributed by atoms with Crippen molar-refractivity contribution in [1.29, 1.82) is 0 Å². The SMILES string of the molecule is COc1cc([C@H]2OCCC34C[C@@H](C[C@H]23)C(C)(C)[C@@H]4NC(=O)C(C)C)ccc1OC(F)F. The fourth-order valence-corrected chi connectivity index (χ4v) is 6.48. The number of nitrogens with one attached hydrogen (secondary N) is 1. The van der Waals surface area contributed by atoms with E-state index < -0.39 is 6.61 Å². The number of carbonyl (C=O) groups is 1. The summed E-state index contributed by atoms with van der Waals surface area (Å²) in [5.41, 5.74) is 0.907. The van der Waals surface area contributed by atoms with Gasteiger partial charge in [-0.15, -0.1) is 0 Å². The molecule has 0 aromatic heterocycles. The van der Waals surface area contributed by atoms with Gasteiger partial charge < -0.3 is 19.5 Å². The molecule has 3 aliphatic rings. The average Bonchev–Trinajstić information content (AvgIpc) is 3.20. The zero-order chi connectivity index (χ0) is 22.6. The number of alkyl halides is 2. The zero-order valence-corrected chi connectivity index (χ0v) is 18.9. The largest absolute Gasteiger partial charge is 0.493 e. The smallest absolute Gasteiger partial charge is 0.387 e. The standard InChI is InChI=1S/C24H33F2NO4/c1-13(2)20(28)27-21-23(3,4)15-11-16-19(30-9-8-24(16,21)12-15)14-6-7-17(31-22(25)26)18(10-14)29-5/h6-7,10,13,15-16,19,21-22H,8-9,11-12H2,1-5H3,(H,27,28)/t15-,16-,19-,21+,24?/m1/s1. The van der Waals surface area contributed by atoms with Gasteiger partial charge in [0.2, 0.25) is 5.91 Å². The van der Waals surface area contributed by atoms with Crippen molar-refractivity contribution in [3.63, 3.8) is 0 Å². The van der Waals surface area contributed by atoms with Crippen molar-refractivity contribution >= 4 is 5.91 Å². The molecule has 1 aliphatic heterocycles. The normalized spacial score (nSPS) is 33.5. The number of halogens is 2. The van der Waals surface area contributed by atoms with Gasteiger partial charge in [0.1, 0.15) is 0 Å². The lowest BCUT2D eigenvalue weighted by molar-refractivity contribution is -0.139. The van der Waals surface area contributed by atoms with Crippen LogP contribution in [0.2, 0.25) is 0 Å². The molecule has 1 unspecified atom stereocenters. The summed E-state index contributed by atoms with van der Waals surface area (Å²) >= 11 is 0. The molecular formula is C24H33F2NO4. The summed E-state index contributed by atoms with van der Waals surface area (Å²) in [6.45, 7) is 6.09. The van der Waals surface area contributed by atoms with Gasteiger partial charge in [-0.2, -0.15) is 8.78 Å². The first kappa shape index (κ1) is 22.3. The van der Waals surface area contributed by atoms with E-state index in [1.54, 1.807) is 12.1 Å². The van der Waals surface area contributed by atoms with Gasteiger partial charge >= 0.3 is 6.61 Å². The minimum Gasteiger partial charge on any atom is -0.493 e. The number of amides is 1. The van der Waals surface area contributed by atoms with E-state index in [-0.39, 0.29) is 52.2 Å². The minimum atomic E-state index is -2.91. The summed E-state index contributed by atoms with van der Waals surface area (Å²) in [7, 11) is 1.44. The number of benzene rings is 1. The van der Waals surface area contributed by atoms with Crippen molar-refractivity contribution in [3.8, 4) is 11.5 Å². The van der Waals surface area contributed by atoms with Gasteiger partial charge in [-0.05, 0) is 59.6 Å². The van der Waals surface area contributed by atoms with Crippen molar-refractivity contribution in [1.82, 2.24) is 5.32 Å². The van der Waals surface area contributed by atoms with Crippen LogP contribution in [0.3, 0.4) is 0 Å². The molecule has 5 nitrogen and oxygen atoms in total.